The Morgan fingerprint density at radius 2 is 2.12 bits per heavy atom. The van der Waals surface area contributed by atoms with E-state index in [1.807, 2.05) is 7.05 Å². The van der Waals surface area contributed by atoms with Crippen LogP contribution in [0.1, 0.15) is 5.69 Å². The van der Waals surface area contributed by atoms with Gasteiger partial charge in [-0.15, -0.1) is 0 Å². The summed E-state index contributed by atoms with van der Waals surface area (Å²) < 4.78 is 26.2. The van der Waals surface area contributed by atoms with Crippen LogP contribution in [0.2, 0.25) is 0 Å². The van der Waals surface area contributed by atoms with E-state index in [0.717, 1.165) is 24.7 Å². The maximum atomic E-state index is 13.5. The van der Waals surface area contributed by atoms with Crippen LogP contribution in [0.25, 0.3) is 11.3 Å². The van der Waals surface area contributed by atoms with Crippen LogP contribution < -0.4 is 5.32 Å². The Hall–Kier alpha value is -1.75. The lowest BCUT2D eigenvalue weighted by Crippen LogP contribution is -2.10. The topological polar surface area (TPSA) is 40.7 Å². The van der Waals surface area contributed by atoms with Gasteiger partial charge in [0.05, 0.1) is 5.69 Å². The number of halogens is 2. The van der Waals surface area contributed by atoms with Crippen molar-refractivity contribution >= 4 is 0 Å². The van der Waals surface area contributed by atoms with Crippen molar-refractivity contribution < 1.29 is 8.78 Å². The average molecular weight is 237 g/mol. The summed E-state index contributed by atoms with van der Waals surface area (Å²) in [7, 11) is 1.86. The molecule has 2 rings (SSSR count). The number of rotatable bonds is 4. The number of nitrogens with one attached hydrogen (secondary N) is 2. The van der Waals surface area contributed by atoms with Gasteiger partial charge in [0.2, 0.25) is 0 Å². The normalized spacial score (nSPS) is 10.8. The van der Waals surface area contributed by atoms with Gasteiger partial charge in [-0.3, -0.25) is 5.10 Å². The molecule has 0 aliphatic heterocycles. The summed E-state index contributed by atoms with van der Waals surface area (Å²) in [5.41, 5.74) is 1.71. The van der Waals surface area contributed by atoms with Crippen LogP contribution in [0, 0.1) is 11.6 Å². The van der Waals surface area contributed by atoms with Crippen molar-refractivity contribution in [3.05, 3.63) is 41.6 Å². The highest BCUT2D eigenvalue weighted by Crippen LogP contribution is 2.22. The second-order valence-corrected chi connectivity index (χ2v) is 3.76. The lowest BCUT2D eigenvalue weighted by molar-refractivity contribution is 0.585. The van der Waals surface area contributed by atoms with Crippen molar-refractivity contribution in [2.45, 2.75) is 6.42 Å². The van der Waals surface area contributed by atoms with E-state index < -0.39 is 11.6 Å². The molecular weight excluding hydrogens is 224 g/mol. The quantitative estimate of drug-likeness (QED) is 0.855. The number of likely N-dealkylation sites (N-methyl/N-ethyl adjacent to an activating group) is 1. The van der Waals surface area contributed by atoms with Crippen LogP contribution in [-0.2, 0) is 6.42 Å². The van der Waals surface area contributed by atoms with Crippen LogP contribution in [0.4, 0.5) is 8.78 Å². The van der Waals surface area contributed by atoms with Crippen molar-refractivity contribution in [1.82, 2.24) is 15.5 Å². The fourth-order valence-electron chi connectivity index (χ4n) is 1.58. The van der Waals surface area contributed by atoms with Gasteiger partial charge < -0.3 is 5.32 Å². The monoisotopic (exact) mass is 237 g/mol. The summed E-state index contributed by atoms with van der Waals surface area (Å²) in [5, 5.41) is 9.86. The second-order valence-electron chi connectivity index (χ2n) is 3.76. The van der Waals surface area contributed by atoms with Crippen molar-refractivity contribution in [1.29, 1.82) is 0 Å². The highest BCUT2D eigenvalue weighted by molar-refractivity contribution is 5.60. The Morgan fingerprint density at radius 1 is 1.29 bits per heavy atom. The van der Waals surface area contributed by atoms with E-state index in [4.69, 9.17) is 0 Å². The van der Waals surface area contributed by atoms with Crippen LogP contribution in [0.5, 0.6) is 0 Å². The molecular formula is C12H13F2N3. The van der Waals surface area contributed by atoms with Crippen LogP contribution in [0.3, 0.4) is 0 Å². The van der Waals surface area contributed by atoms with E-state index in [2.05, 4.69) is 15.5 Å². The minimum absolute atomic E-state index is 0.304. The summed E-state index contributed by atoms with van der Waals surface area (Å²) >= 11 is 0. The number of benzene rings is 1. The SMILES string of the molecule is CNCCc1cc(-c2ccc(F)cc2F)n[nH]1. The Bertz CT molecular complexity index is 508. The minimum Gasteiger partial charge on any atom is -0.319 e. The van der Waals surface area contributed by atoms with E-state index in [-0.39, 0.29) is 0 Å². The third kappa shape index (κ3) is 2.68. The number of H-pyrrole nitrogens is 1. The fraction of sp³-hybridized carbons (Fsp3) is 0.250. The van der Waals surface area contributed by atoms with Crippen molar-refractivity contribution in [3.63, 3.8) is 0 Å². The van der Waals surface area contributed by atoms with Gasteiger partial charge in [-0.05, 0) is 25.2 Å². The first kappa shape index (κ1) is 11.7. The van der Waals surface area contributed by atoms with Crippen LogP contribution >= 0.6 is 0 Å². The number of hydrogen-bond donors (Lipinski definition) is 2. The van der Waals surface area contributed by atoms with Gasteiger partial charge in [0.1, 0.15) is 11.6 Å². The molecule has 0 amide bonds. The third-order valence-corrected chi connectivity index (χ3v) is 2.48. The lowest BCUT2D eigenvalue weighted by Gasteiger charge is -1.98. The molecule has 2 aromatic rings. The van der Waals surface area contributed by atoms with Crippen LogP contribution in [0.15, 0.2) is 24.3 Å². The Morgan fingerprint density at radius 3 is 2.82 bits per heavy atom. The number of hydrogen-bond acceptors (Lipinski definition) is 2. The standard InChI is InChI=1S/C12H13F2N3/c1-15-5-4-9-7-12(17-16-9)10-3-2-8(13)6-11(10)14/h2-3,6-7,15H,4-5H2,1H3,(H,16,17). The molecule has 1 aromatic heterocycles. The van der Waals surface area contributed by atoms with Gasteiger partial charge in [0.25, 0.3) is 0 Å². The van der Waals surface area contributed by atoms with Gasteiger partial charge in [-0.1, -0.05) is 0 Å². The predicted octanol–water partition coefficient (Wildman–Crippen LogP) is 2.12. The molecule has 0 aliphatic carbocycles. The largest absolute Gasteiger partial charge is 0.319 e. The summed E-state index contributed by atoms with van der Waals surface area (Å²) in [6, 6.07) is 5.24. The highest BCUT2D eigenvalue weighted by Gasteiger charge is 2.09. The first-order valence-electron chi connectivity index (χ1n) is 5.35. The molecule has 0 spiro atoms. The zero-order valence-electron chi connectivity index (χ0n) is 9.43. The van der Waals surface area contributed by atoms with Crippen molar-refractivity contribution in [2.75, 3.05) is 13.6 Å². The molecule has 1 heterocycles. The summed E-state index contributed by atoms with van der Waals surface area (Å²) in [6.45, 7) is 0.813. The van der Waals surface area contributed by atoms with Gasteiger partial charge in [0.15, 0.2) is 0 Å². The zero-order chi connectivity index (χ0) is 12.3. The molecule has 0 unspecified atom stereocenters. The van der Waals surface area contributed by atoms with Gasteiger partial charge in [-0.2, -0.15) is 5.10 Å². The smallest absolute Gasteiger partial charge is 0.135 e. The third-order valence-electron chi connectivity index (χ3n) is 2.48. The summed E-state index contributed by atoms with van der Waals surface area (Å²) in [4.78, 5) is 0. The molecule has 0 radical (unpaired) electrons. The number of aromatic amines is 1. The number of nitrogens with zero attached hydrogens (tertiary/aromatic N) is 1. The maximum Gasteiger partial charge on any atom is 0.135 e. The molecule has 5 heteroatoms. The lowest BCUT2D eigenvalue weighted by atomic mass is 10.1. The van der Waals surface area contributed by atoms with E-state index >= 15 is 0 Å². The molecule has 2 N–H and O–H groups in total. The zero-order valence-corrected chi connectivity index (χ0v) is 9.43. The Labute approximate surface area is 97.9 Å². The molecule has 90 valence electrons. The van der Waals surface area contributed by atoms with Gasteiger partial charge in [0, 0.05) is 30.3 Å². The average Bonchev–Trinajstić information content (AvgIpc) is 2.75. The molecule has 0 fully saturated rings. The molecule has 0 aliphatic rings. The highest BCUT2D eigenvalue weighted by atomic mass is 19.1. The van der Waals surface area contributed by atoms with Gasteiger partial charge in [-0.25, -0.2) is 8.78 Å². The van der Waals surface area contributed by atoms with E-state index in [9.17, 15) is 8.78 Å². The molecule has 17 heavy (non-hydrogen) atoms. The summed E-state index contributed by atoms with van der Waals surface area (Å²) in [5.74, 6) is -1.19. The van der Waals surface area contributed by atoms with Crippen molar-refractivity contribution in [2.24, 2.45) is 0 Å². The van der Waals surface area contributed by atoms with Crippen molar-refractivity contribution in [3.8, 4) is 11.3 Å². The first-order chi connectivity index (χ1) is 8.20. The molecule has 0 saturated carbocycles. The molecule has 0 saturated heterocycles. The van der Waals surface area contributed by atoms with E-state index in [0.29, 0.717) is 11.3 Å². The molecule has 3 nitrogen and oxygen atoms in total. The minimum atomic E-state index is -0.600. The van der Waals surface area contributed by atoms with Crippen LogP contribution in [-0.4, -0.2) is 23.8 Å². The summed E-state index contributed by atoms with van der Waals surface area (Å²) in [6.07, 6.45) is 0.784. The molecule has 0 atom stereocenters. The predicted molar refractivity (Wildman–Crippen MR) is 61.6 cm³/mol. The second kappa shape index (κ2) is 5.05. The Kier molecular flexibility index (Phi) is 3.49. The molecule has 1 aromatic carbocycles. The number of aromatic nitrogens is 2. The Balaban J connectivity index is 2.24. The first-order valence-corrected chi connectivity index (χ1v) is 5.35. The van der Waals surface area contributed by atoms with E-state index in [1.165, 1.54) is 12.1 Å². The maximum absolute atomic E-state index is 13.5. The van der Waals surface area contributed by atoms with Gasteiger partial charge >= 0.3 is 0 Å². The fourth-order valence-corrected chi connectivity index (χ4v) is 1.58. The molecule has 0 bridgehead atoms. The van der Waals surface area contributed by atoms with E-state index in [1.54, 1.807) is 6.07 Å².